The van der Waals surface area contributed by atoms with Crippen molar-refractivity contribution in [3.05, 3.63) is 77.6 Å². The van der Waals surface area contributed by atoms with E-state index in [4.69, 9.17) is 4.74 Å². The molecule has 31 heavy (non-hydrogen) atoms. The predicted octanol–water partition coefficient (Wildman–Crippen LogP) is 3.53. The zero-order chi connectivity index (χ0) is 22.2. The van der Waals surface area contributed by atoms with E-state index >= 15 is 0 Å². The van der Waals surface area contributed by atoms with E-state index in [2.05, 4.69) is 44.9 Å². The fourth-order valence-corrected chi connectivity index (χ4v) is 2.98. The van der Waals surface area contributed by atoms with Crippen LogP contribution in [0.1, 0.15) is 37.1 Å². The van der Waals surface area contributed by atoms with Gasteiger partial charge >= 0.3 is 0 Å². The fraction of sp³-hybridized carbons (Fsp3) is 0.348. The van der Waals surface area contributed by atoms with E-state index < -0.39 is 0 Å². The Morgan fingerprint density at radius 1 is 1.13 bits per heavy atom. The van der Waals surface area contributed by atoms with Gasteiger partial charge in [0.2, 0.25) is 0 Å². The number of aromatic nitrogens is 3. The molecular weight excluding hydrogens is 395 g/mol. The van der Waals surface area contributed by atoms with Crippen LogP contribution in [0.25, 0.3) is 0 Å². The molecule has 0 amide bonds. The van der Waals surface area contributed by atoms with Crippen LogP contribution < -0.4 is 15.4 Å². The minimum atomic E-state index is -0.322. The molecule has 0 saturated carbocycles. The first-order valence-electron chi connectivity index (χ1n) is 10.3. The summed E-state index contributed by atoms with van der Waals surface area (Å²) in [7, 11) is 1.92. The largest absolute Gasteiger partial charge is 0.489 e. The monoisotopic (exact) mass is 424 g/mol. The SMILES string of the molecule is Cc1nnc(CN=C(NCC(C)Oc2cccc(F)c2)NC(C)c2ccccc2)n1C. The lowest BCUT2D eigenvalue weighted by Gasteiger charge is -2.21. The smallest absolute Gasteiger partial charge is 0.192 e. The summed E-state index contributed by atoms with van der Waals surface area (Å²) < 4.78 is 21.1. The maximum Gasteiger partial charge on any atom is 0.192 e. The lowest BCUT2D eigenvalue weighted by molar-refractivity contribution is 0.223. The second-order valence-electron chi connectivity index (χ2n) is 7.43. The molecule has 0 spiro atoms. The molecule has 1 heterocycles. The first kappa shape index (κ1) is 22.3. The van der Waals surface area contributed by atoms with Crippen LogP contribution in [0.5, 0.6) is 5.75 Å². The molecule has 0 aliphatic heterocycles. The number of rotatable bonds is 8. The molecule has 7 nitrogen and oxygen atoms in total. The molecule has 3 rings (SSSR count). The maximum absolute atomic E-state index is 13.4. The van der Waals surface area contributed by atoms with E-state index in [0.29, 0.717) is 24.8 Å². The number of aryl methyl sites for hydroxylation is 1. The first-order chi connectivity index (χ1) is 14.9. The standard InChI is InChI=1S/C23H29FN6O/c1-16(31-21-12-8-11-20(24)13-21)14-25-23(26-15-22-29-28-18(3)30(22)4)27-17(2)19-9-6-5-7-10-19/h5-13,16-17H,14-15H2,1-4H3,(H2,25,26,27). The van der Waals surface area contributed by atoms with E-state index in [1.54, 1.807) is 12.1 Å². The average Bonchev–Trinajstić information content (AvgIpc) is 3.08. The second-order valence-corrected chi connectivity index (χ2v) is 7.43. The average molecular weight is 425 g/mol. The molecule has 2 unspecified atom stereocenters. The third-order valence-corrected chi connectivity index (χ3v) is 4.90. The molecule has 3 aromatic rings. The van der Waals surface area contributed by atoms with Gasteiger partial charge in [0, 0.05) is 13.1 Å². The summed E-state index contributed by atoms with van der Waals surface area (Å²) >= 11 is 0. The topological polar surface area (TPSA) is 76.4 Å². The summed E-state index contributed by atoms with van der Waals surface area (Å²) in [6.07, 6.45) is -0.196. The molecule has 0 fully saturated rings. The van der Waals surface area contributed by atoms with Crippen LogP contribution in [0.2, 0.25) is 0 Å². The normalized spacial score (nSPS) is 13.5. The predicted molar refractivity (Wildman–Crippen MR) is 119 cm³/mol. The van der Waals surface area contributed by atoms with Gasteiger partial charge in [0.25, 0.3) is 0 Å². The highest BCUT2D eigenvalue weighted by molar-refractivity contribution is 5.80. The van der Waals surface area contributed by atoms with E-state index in [9.17, 15) is 4.39 Å². The number of guanidine groups is 1. The molecule has 0 saturated heterocycles. The summed E-state index contributed by atoms with van der Waals surface area (Å²) in [6, 6.07) is 16.3. The molecule has 164 valence electrons. The van der Waals surface area contributed by atoms with Crippen LogP contribution in [0.15, 0.2) is 59.6 Å². The van der Waals surface area contributed by atoms with Crippen molar-refractivity contribution in [3.63, 3.8) is 0 Å². The van der Waals surface area contributed by atoms with Crippen molar-refractivity contribution in [2.45, 2.75) is 39.5 Å². The van der Waals surface area contributed by atoms with E-state index in [0.717, 1.165) is 17.2 Å². The number of nitrogens with one attached hydrogen (secondary N) is 2. The molecular formula is C23H29FN6O. The van der Waals surface area contributed by atoms with Crippen LogP contribution in [-0.2, 0) is 13.6 Å². The molecule has 1 aromatic heterocycles. The highest BCUT2D eigenvalue weighted by atomic mass is 19.1. The zero-order valence-electron chi connectivity index (χ0n) is 18.3. The van der Waals surface area contributed by atoms with Gasteiger partial charge < -0.3 is 19.9 Å². The Hall–Kier alpha value is -3.42. The Morgan fingerprint density at radius 3 is 2.58 bits per heavy atom. The molecule has 0 radical (unpaired) electrons. The third kappa shape index (κ3) is 6.53. The number of nitrogens with zero attached hydrogens (tertiary/aromatic N) is 4. The Labute approximate surface area is 182 Å². The van der Waals surface area contributed by atoms with Crippen molar-refractivity contribution >= 4 is 5.96 Å². The molecule has 8 heteroatoms. The summed E-state index contributed by atoms with van der Waals surface area (Å²) in [5.41, 5.74) is 1.15. The molecule has 2 atom stereocenters. The van der Waals surface area contributed by atoms with Gasteiger partial charge in [-0.05, 0) is 38.5 Å². The number of aliphatic imine (C=N–C) groups is 1. The van der Waals surface area contributed by atoms with Gasteiger partial charge in [-0.3, -0.25) is 0 Å². The molecule has 0 aliphatic carbocycles. The van der Waals surface area contributed by atoms with Gasteiger partial charge in [-0.15, -0.1) is 10.2 Å². The van der Waals surface area contributed by atoms with E-state index in [1.165, 1.54) is 12.1 Å². The summed E-state index contributed by atoms with van der Waals surface area (Å²) in [6.45, 7) is 6.77. The van der Waals surface area contributed by atoms with Gasteiger partial charge in [-0.1, -0.05) is 36.4 Å². The summed E-state index contributed by atoms with van der Waals surface area (Å²) in [5, 5.41) is 15.0. The lowest BCUT2D eigenvalue weighted by atomic mass is 10.1. The highest BCUT2D eigenvalue weighted by Crippen LogP contribution is 2.14. The van der Waals surface area contributed by atoms with Crippen LogP contribution >= 0.6 is 0 Å². The maximum atomic E-state index is 13.4. The van der Waals surface area contributed by atoms with Gasteiger partial charge in [0.05, 0.1) is 12.6 Å². The van der Waals surface area contributed by atoms with Gasteiger partial charge in [-0.25, -0.2) is 9.38 Å². The lowest BCUT2D eigenvalue weighted by Crippen LogP contribution is -2.42. The summed E-state index contributed by atoms with van der Waals surface area (Å²) in [5.74, 6) is 2.41. The molecule has 0 bridgehead atoms. The third-order valence-electron chi connectivity index (χ3n) is 4.90. The summed E-state index contributed by atoms with van der Waals surface area (Å²) in [4.78, 5) is 4.68. The minimum absolute atomic E-state index is 0.0492. The van der Waals surface area contributed by atoms with E-state index in [-0.39, 0.29) is 18.0 Å². The van der Waals surface area contributed by atoms with Crippen molar-refractivity contribution in [1.29, 1.82) is 0 Å². The first-order valence-corrected chi connectivity index (χ1v) is 10.3. The number of benzene rings is 2. The fourth-order valence-electron chi connectivity index (χ4n) is 2.98. The van der Waals surface area contributed by atoms with Crippen molar-refractivity contribution in [3.8, 4) is 5.75 Å². The van der Waals surface area contributed by atoms with Gasteiger partial charge in [0.1, 0.15) is 30.0 Å². The Balaban J connectivity index is 1.66. The van der Waals surface area contributed by atoms with Crippen LogP contribution in [0, 0.1) is 12.7 Å². The van der Waals surface area contributed by atoms with Crippen LogP contribution in [-0.4, -0.2) is 33.4 Å². The van der Waals surface area contributed by atoms with Crippen LogP contribution in [0.4, 0.5) is 4.39 Å². The molecule has 2 N–H and O–H groups in total. The minimum Gasteiger partial charge on any atom is -0.489 e. The quantitative estimate of drug-likeness (QED) is 0.427. The Morgan fingerprint density at radius 2 is 1.90 bits per heavy atom. The van der Waals surface area contributed by atoms with Gasteiger partial charge in [0.15, 0.2) is 11.8 Å². The van der Waals surface area contributed by atoms with Gasteiger partial charge in [-0.2, -0.15) is 0 Å². The van der Waals surface area contributed by atoms with Crippen molar-refractivity contribution in [1.82, 2.24) is 25.4 Å². The van der Waals surface area contributed by atoms with Crippen molar-refractivity contribution in [2.24, 2.45) is 12.0 Å². The number of halogens is 1. The number of hydrogen-bond acceptors (Lipinski definition) is 4. The highest BCUT2D eigenvalue weighted by Gasteiger charge is 2.12. The Kier molecular flexibility index (Phi) is 7.59. The van der Waals surface area contributed by atoms with Crippen molar-refractivity contribution in [2.75, 3.05) is 6.54 Å². The second kappa shape index (κ2) is 10.6. The molecule has 0 aliphatic rings. The van der Waals surface area contributed by atoms with Crippen LogP contribution in [0.3, 0.4) is 0 Å². The van der Waals surface area contributed by atoms with E-state index in [1.807, 2.05) is 43.7 Å². The number of ether oxygens (including phenoxy) is 1. The molecule has 2 aromatic carbocycles. The zero-order valence-corrected chi connectivity index (χ0v) is 18.3. The number of hydrogen-bond donors (Lipinski definition) is 2. The van der Waals surface area contributed by atoms with Crippen molar-refractivity contribution < 1.29 is 9.13 Å². The Bertz CT molecular complexity index is 1000.